The number of carbonyl (C=O) groups excluding carboxylic acids is 1. The number of piperazine rings is 1. The zero-order valence-corrected chi connectivity index (χ0v) is 18.2. The molecule has 0 radical (unpaired) electrons. The van der Waals surface area contributed by atoms with Crippen molar-refractivity contribution in [2.24, 2.45) is 0 Å². The van der Waals surface area contributed by atoms with Crippen molar-refractivity contribution in [2.75, 3.05) is 39.3 Å². The van der Waals surface area contributed by atoms with Gasteiger partial charge in [0.25, 0.3) is 0 Å². The maximum Gasteiger partial charge on any atom is 0.246 e. The highest BCUT2D eigenvalue weighted by Gasteiger charge is 2.32. The number of carbonyl (C=O) groups is 1. The van der Waals surface area contributed by atoms with Crippen molar-refractivity contribution < 1.29 is 17.6 Å². The molecule has 2 aromatic carbocycles. The lowest BCUT2D eigenvalue weighted by Gasteiger charge is -2.35. The summed E-state index contributed by atoms with van der Waals surface area (Å²) in [7, 11) is -3.90. The smallest absolute Gasteiger partial charge is 0.246 e. The summed E-state index contributed by atoms with van der Waals surface area (Å²) in [6.45, 7) is 6.68. The third-order valence-electron chi connectivity index (χ3n) is 5.34. The van der Waals surface area contributed by atoms with E-state index < -0.39 is 15.8 Å². The molecule has 0 aromatic heterocycles. The number of sulfonamides is 1. The third-order valence-corrected chi connectivity index (χ3v) is 7.27. The lowest BCUT2D eigenvalue weighted by molar-refractivity contribution is -0.133. The van der Waals surface area contributed by atoms with E-state index in [1.807, 2.05) is 32.0 Å². The van der Waals surface area contributed by atoms with Crippen LogP contribution < -0.4 is 0 Å². The van der Waals surface area contributed by atoms with Crippen molar-refractivity contribution in [3.05, 3.63) is 65.5 Å². The van der Waals surface area contributed by atoms with Crippen molar-refractivity contribution in [1.29, 1.82) is 0 Å². The van der Waals surface area contributed by atoms with Crippen molar-refractivity contribution in [3.63, 3.8) is 0 Å². The molecule has 0 atom stereocenters. The van der Waals surface area contributed by atoms with E-state index in [9.17, 15) is 17.6 Å². The summed E-state index contributed by atoms with van der Waals surface area (Å²) in [6.07, 6.45) is 0. The molecule has 1 amide bonds. The molecule has 0 saturated carbocycles. The summed E-state index contributed by atoms with van der Waals surface area (Å²) < 4.78 is 40.6. The summed E-state index contributed by atoms with van der Waals surface area (Å²) in [6, 6.07) is 13.6. The fourth-order valence-electron chi connectivity index (χ4n) is 3.61. The highest BCUT2D eigenvalue weighted by Crippen LogP contribution is 2.20. The van der Waals surface area contributed by atoms with Crippen LogP contribution in [-0.4, -0.2) is 67.7 Å². The second kappa shape index (κ2) is 9.68. The molecule has 1 fully saturated rings. The largest absolute Gasteiger partial charge is 0.339 e. The molecule has 0 unspecified atom stereocenters. The third kappa shape index (κ3) is 5.24. The number of nitrogens with zero attached hydrogens (tertiary/aromatic N) is 3. The Bertz CT molecular complexity index is 989. The van der Waals surface area contributed by atoms with Crippen LogP contribution >= 0.6 is 0 Å². The number of aryl methyl sites for hydroxylation is 1. The number of amides is 1. The molecule has 3 rings (SSSR count). The molecule has 6 nitrogen and oxygen atoms in total. The standard InChI is InChI=1S/C22H28FN3O3S/c1-3-24(16-19-8-6-7-18(2)15-19)17-22(27)25-11-13-26(14-12-25)30(28,29)21-10-5-4-9-20(21)23/h4-10,15H,3,11-14,16-17H2,1-2H3. The second-order valence-corrected chi connectivity index (χ2v) is 9.41. The lowest BCUT2D eigenvalue weighted by atomic mass is 10.1. The molecule has 30 heavy (non-hydrogen) atoms. The SMILES string of the molecule is CCN(CC(=O)N1CCN(S(=O)(=O)c2ccccc2F)CC1)Cc1cccc(C)c1. The molecule has 0 aliphatic carbocycles. The molecular formula is C22H28FN3O3S. The van der Waals surface area contributed by atoms with Crippen molar-refractivity contribution in [2.45, 2.75) is 25.3 Å². The first-order chi connectivity index (χ1) is 14.3. The van der Waals surface area contributed by atoms with E-state index in [-0.39, 0.29) is 30.4 Å². The minimum atomic E-state index is -3.90. The maximum absolute atomic E-state index is 14.0. The van der Waals surface area contributed by atoms with Gasteiger partial charge in [0.05, 0.1) is 6.54 Å². The molecule has 2 aromatic rings. The number of likely N-dealkylation sites (N-methyl/N-ethyl adjacent to an activating group) is 1. The van der Waals surface area contributed by atoms with Crippen LogP contribution in [0.1, 0.15) is 18.1 Å². The Balaban J connectivity index is 1.57. The van der Waals surface area contributed by atoms with Crippen LogP contribution in [0, 0.1) is 12.7 Å². The zero-order chi connectivity index (χ0) is 21.7. The molecule has 0 N–H and O–H groups in total. The van der Waals surface area contributed by atoms with Gasteiger partial charge in [-0.25, -0.2) is 12.8 Å². The number of hydrogen-bond donors (Lipinski definition) is 0. The van der Waals surface area contributed by atoms with E-state index in [1.54, 1.807) is 4.90 Å². The van der Waals surface area contributed by atoms with Crippen LogP contribution in [-0.2, 0) is 21.4 Å². The Morgan fingerprint density at radius 3 is 2.40 bits per heavy atom. The van der Waals surface area contributed by atoms with Gasteiger partial charge < -0.3 is 4.90 Å². The molecule has 162 valence electrons. The molecule has 1 aliphatic rings. The average Bonchev–Trinajstić information content (AvgIpc) is 2.73. The quantitative estimate of drug-likeness (QED) is 0.673. The predicted molar refractivity (Wildman–Crippen MR) is 114 cm³/mol. The Labute approximate surface area is 177 Å². The van der Waals surface area contributed by atoms with E-state index >= 15 is 0 Å². The zero-order valence-electron chi connectivity index (χ0n) is 17.4. The van der Waals surface area contributed by atoms with E-state index in [0.29, 0.717) is 19.6 Å². The van der Waals surface area contributed by atoms with Crippen LogP contribution in [0.2, 0.25) is 0 Å². The normalized spacial score (nSPS) is 15.5. The van der Waals surface area contributed by atoms with Gasteiger partial charge >= 0.3 is 0 Å². The Morgan fingerprint density at radius 2 is 1.77 bits per heavy atom. The summed E-state index contributed by atoms with van der Waals surface area (Å²) in [5.74, 6) is -0.779. The number of rotatable bonds is 7. The van der Waals surface area contributed by atoms with Crippen LogP contribution in [0.15, 0.2) is 53.4 Å². The first-order valence-corrected chi connectivity index (χ1v) is 11.6. The van der Waals surface area contributed by atoms with E-state index in [4.69, 9.17) is 0 Å². The molecule has 1 saturated heterocycles. The minimum absolute atomic E-state index is 0.0209. The monoisotopic (exact) mass is 433 g/mol. The highest BCUT2D eigenvalue weighted by molar-refractivity contribution is 7.89. The molecule has 0 bridgehead atoms. The minimum Gasteiger partial charge on any atom is -0.339 e. The van der Waals surface area contributed by atoms with Gasteiger partial charge in [0, 0.05) is 32.7 Å². The summed E-state index contributed by atoms with van der Waals surface area (Å²) in [5, 5.41) is 0. The van der Waals surface area contributed by atoms with Gasteiger partial charge in [-0.05, 0) is 31.2 Å². The van der Waals surface area contributed by atoms with Gasteiger partial charge in [-0.2, -0.15) is 4.31 Å². The Morgan fingerprint density at radius 1 is 1.07 bits per heavy atom. The van der Waals surface area contributed by atoms with Crippen molar-refractivity contribution in [3.8, 4) is 0 Å². The van der Waals surface area contributed by atoms with E-state index in [2.05, 4.69) is 11.0 Å². The first-order valence-electron chi connectivity index (χ1n) is 10.1. The lowest BCUT2D eigenvalue weighted by Crippen LogP contribution is -2.52. The summed E-state index contributed by atoms with van der Waals surface area (Å²) in [4.78, 5) is 16.2. The predicted octanol–water partition coefficient (Wildman–Crippen LogP) is 2.49. The Hall–Kier alpha value is -2.29. The van der Waals surface area contributed by atoms with E-state index in [1.165, 1.54) is 28.1 Å². The van der Waals surface area contributed by atoms with Gasteiger partial charge in [-0.15, -0.1) is 0 Å². The topological polar surface area (TPSA) is 60.9 Å². The fraction of sp³-hybridized carbons (Fsp3) is 0.409. The van der Waals surface area contributed by atoms with Crippen molar-refractivity contribution >= 4 is 15.9 Å². The highest BCUT2D eigenvalue weighted by atomic mass is 32.2. The van der Waals surface area contributed by atoms with Gasteiger partial charge in [0.1, 0.15) is 10.7 Å². The number of hydrogen-bond acceptors (Lipinski definition) is 4. The van der Waals surface area contributed by atoms with Gasteiger partial charge in [0.2, 0.25) is 15.9 Å². The summed E-state index contributed by atoms with van der Waals surface area (Å²) in [5.41, 5.74) is 2.34. The first kappa shape index (κ1) is 22.4. The van der Waals surface area contributed by atoms with Crippen LogP contribution in [0.3, 0.4) is 0 Å². The van der Waals surface area contributed by atoms with Gasteiger partial charge in [0.15, 0.2) is 0 Å². The number of benzene rings is 2. The van der Waals surface area contributed by atoms with Gasteiger partial charge in [-0.3, -0.25) is 9.69 Å². The van der Waals surface area contributed by atoms with Gasteiger partial charge in [-0.1, -0.05) is 48.9 Å². The molecule has 0 spiro atoms. The Kier molecular flexibility index (Phi) is 7.23. The average molecular weight is 434 g/mol. The molecule has 1 heterocycles. The summed E-state index contributed by atoms with van der Waals surface area (Å²) >= 11 is 0. The molecule has 8 heteroatoms. The molecule has 1 aliphatic heterocycles. The van der Waals surface area contributed by atoms with Crippen LogP contribution in [0.5, 0.6) is 0 Å². The maximum atomic E-state index is 14.0. The van der Waals surface area contributed by atoms with Crippen LogP contribution in [0.25, 0.3) is 0 Å². The molecular weight excluding hydrogens is 405 g/mol. The van der Waals surface area contributed by atoms with Crippen LogP contribution in [0.4, 0.5) is 4.39 Å². The fourth-order valence-corrected chi connectivity index (χ4v) is 5.10. The van der Waals surface area contributed by atoms with E-state index in [0.717, 1.165) is 18.2 Å². The van der Waals surface area contributed by atoms with Crippen molar-refractivity contribution in [1.82, 2.24) is 14.1 Å². The number of halogens is 1. The second-order valence-electron chi connectivity index (χ2n) is 7.51.